The summed E-state index contributed by atoms with van der Waals surface area (Å²) in [6.45, 7) is 1.90. The quantitative estimate of drug-likeness (QED) is 0.745. The largest absolute Gasteiger partial charge is 0.296 e. The van der Waals surface area contributed by atoms with Crippen LogP contribution in [-0.4, -0.2) is 20.2 Å². The van der Waals surface area contributed by atoms with Gasteiger partial charge < -0.3 is 0 Å². The Balaban J connectivity index is 1.84. The van der Waals surface area contributed by atoms with Crippen LogP contribution in [0.2, 0.25) is 5.02 Å². The molecule has 27 heavy (non-hydrogen) atoms. The first kappa shape index (κ1) is 19.4. The number of hydrogen-bond acceptors (Lipinski definition) is 4. The lowest BCUT2D eigenvalue weighted by Crippen LogP contribution is -2.51. The average molecular weight is 407 g/mol. The molecule has 2 aromatic carbocycles. The maximum absolute atomic E-state index is 12.5. The Hall–Kier alpha value is -2.38. The summed E-state index contributed by atoms with van der Waals surface area (Å²) in [6.07, 6.45) is 1.26. The molecule has 3 rings (SSSR count). The Kier molecular flexibility index (Phi) is 5.26. The minimum atomic E-state index is -3.74. The summed E-state index contributed by atoms with van der Waals surface area (Å²) in [5.41, 5.74) is 0.360. The number of anilines is 1. The highest BCUT2D eigenvalue weighted by atomic mass is 35.5. The lowest BCUT2D eigenvalue weighted by molar-refractivity contribution is -0.138. The van der Waals surface area contributed by atoms with E-state index in [4.69, 9.17) is 11.6 Å². The molecule has 0 aromatic heterocycles. The number of carbonyl (C=O) groups is 2. The highest BCUT2D eigenvalue weighted by molar-refractivity contribution is 7.92. The van der Waals surface area contributed by atoms with Crippen molar-refractivity contribution in [2.24, 2.45) is 0 Å². The fraction of sp³-hybridized carbons (Fsp3) is 0.263. The van der Waals surface area contributed by atoms with Gasteiger partial charge in [-0.05, 0) is 54.8 Å². The zero-order chi connectivity index (χ0) is 19.7. The van der Waals surface area contributed by atoms with Gasteiger partial charge in [-0.15, -0.1) is 0 Å². The van der Waals surface area contributed by atoms with Crippen LogP contribution in [0.1, 0.15) is 31.7 Å². The zero-order valence-electron chi connectivity index (χ0n) is 14.7. The molecule has 1 heterocycles. The summed E-state index contributed by atoms with van der Waals surface area (Å²) >= 11 is 5.79. The summed E-state index contributed by atoms with van der Waals surface area (Å²) in [7, 11) is -3.74. The molecule has 1 saturated heterocycles. The van der Waals surface area contributed by atoms with Crippen LogP contribution < -0.4 is 10.0 Å². The van der Waals surface area contributed by atoms with Gasteiger partial charge in [-0.2, -0.15) is 0 Å². The molecule has 1 aliphatic heterocycles. The van der Waals surface area contributed by atoms with E-state index in [0.717, 1.165) is 5.56 Å². The Morgan fingerprint density at radius 2 is 1.70 bits per heavy atom. The number of carbonyl (C=O) groups excluding carboxylic acids is 2. The predicted molar refractivity (Wildman–Crippen MR) is 103 cm³/mol. The number of imide groups is 1. The Labute approximate surface area is 163 Å². The monoisotopic (exact) mass is 406 g/mol. The fourth-order valence-electron chi connectivity index (χ4n) is 3.25. The number of amides is 2. The van der Waals surface area contributed by atoms with E-state index in [1.165, 1.54) is 24.3 Å². The normalized spacial score (nSPS) is 20.2. The molecule has 8 heteroatoms. The molecule has 0 spiro atoms. The molecule has 2 N–H and O–H groups in total. The van der Waals surface area contributed by atoms with Gasteiger partial charge in [-0.1, -0.05) is 30.7 Å². The molecule has 1 unspecified atom stereocenters. The van der Waals surface area contributed by atoms with Gasteiger partial charge in [0.15, 0.2) is 0 Å². The molecule has 0 bridgehead atoms. The van der Waals surface area contributed by atoms with Gasteiger partial charge in [0.2, 0.25) is 11.8 Å². The maximum atomic E-state index is 12.5. The second-order valence-electron chi connectivity index (χ2n) is 6.45. The van der Waals surface area contributed by atoms with E-state index < -0.39 is 15.4 Å². The van der Waals surface area contributed by atoms with Crippen molar-refractivity contribution in [1.82, 2.24) is 5.32 Å². The van der Waals surface area contributed by atoms with E-state index in [-0.39, 0.29) is 23.1 Å². The van der Waals surface area contributed by atoms with Crippen LogP contribution in [0.15, 0.2) is 53.4 Å². The molecule has 1 fully saturated rings. The summed E-state index contributed by atoms with van der Waals surface area (Å²) in [6, 6.07) is 12.5. The van der Waals surface area contributed by atoms with E-state index >= 15 is 0 Å². The van der Waals surface area contributed by atoms with Crippen LogP contribution in [0.25, 0.3) is 0 Å². The van der Waals surface area contributed by atoms with Crippen molar-refractivity contribution in [3.05, 3.63) is 59.1 Å². The highest BCUT2D eigenvalue weighted by Crippen LogP contribution is 2.36. The number of sulfonamides is 1. The third-order valence-electron chi connectivity index (χ3n) is 4.88. The predicted octanol–water partition coefficient (Wildman–Crippen LogP) is 3.23. The minimum Gasteiger partial charge on any atom is -0.296 e. The fourth-order valence-corrected chi connectivity index (χ4v) is 4.44. The topological polar surface area (TPSA) is 92.3 Å². The van der Waals surface area contributed by atoms with E-state index in [1.807, 2.05) is 6.92 Å². The standard InChI is InChI=1S/C19H19ClN2O4S/c1-2-19(12-11-17(23)21-18(19)24)13-3-7-15(8-4-13)22-27(25,26)16-9-5-14(20)6-10-16/h3-10,22H,2,11-12H2,1H3,(H,21,23,24). The second-order valence-corrected chi connectivity index (χ2v) is 8.57. The molecule has 2 aromatic rings. The molecule has 0 saturated carbocycles. The first-order valence-electron chi connectivity index (χ1n) is 8.50. The van der Waals surface area contributed by atoms with Crippen molar-refractivity contribution >= 4 is 39.1 Å². The molecule has 2 amide bonds. The third-order valence-corrected chi connectivity index (χ3v) is 6.53. The second kappa shape index (κ2) is 7.32. The molecule has 1 aliphatic rings. The van der Waals surface area contributed by atoms with Gasteiger partial charge >= 0.3 is 0 Å². The molecule has 1 atom stereocenters. The first-order chi connectivity index (χ1) is 12.8. The van der Waals surface area contributed by atoms with E-state index in [1.54, 1.807) is 24.3 Å². The number of benzene rings is 2. The Morgan fingerprint density at radius 3 is 2.26 bits per heavy atom. The van der Waals surface area contributed by atoms with Gasteiger partial charge in [0, 0.05) is 17.1 Å². The SMILES string of the molecule is CCC1(c2ccc(NS(=O)(=O)c3ccc(Cl)cc3)cc2)CCC(=O)NC1=O. The van der Waals surface area contributed by atoms with E-state index in [2.05, 4.69) is 10.0 Å². The Morgan fingerprint density at radius 1 is 1.07 bits per heavy atom. The van der Waals surface area contributed by atoms with Crippen LogP contribution in [0.4, 0.5) is 5.69 Å². The van der Waals surface area contributed by atoms with Crippen LogP contribution in [-0.2, 0) is 25.0 Å². The molecular formula is C19H19ClN2O4S. The molecular weight excluding hydrogens is 388 g/mol. The first-order valence-corrected chi connectivity index (χ1v) is 10.4. The minimum absolute atomic E-state index is 0.103. The molecule has 142 valence electrons. The number of piperidine rings is 1. The average Bonchev–Trinajstić information content (AvgIpc) is 2.63. The summed E-state index contributed by atoms with van der Waals surface area (Å²) in [4.78, 5) is 24.0. The smallest absolute Gasteiger partial charge is 0.261 e. The van der Waals surface area contributed by atoms with Crippen LogP contribution in [0, 0.1) is 0 Å². The summed E-state index contributed by atoms with van der Waals surface area (Å²) in [5.74, 6) is -0.577. The summed E-state index contributed by atoms with van der Waals surface area (Å²) < 4.78 is 27.4. The van der Waals surface area contributed by atoms with Crippen molar-refractivity contribution in [1.29, 1.82) is 0 Å². The van der Waals surface area contributed by atoms with Gasteiger partial charge in [-0.25, -0.2) is 8.42 Å². The van der Waals surface area contributed by atoms with Crippen molar-refractivity contribution in [3.63, 3.8) is 0 Å². The number of halogens is 1. The third kappa shape index (κ3) is 3.84. The van der Waals surface area contributed by atoms with Crippen molar-refractivity contribution in [2.75, 3.05) is 4.72 Å². The van der Waals surface area contributed by atoms with E-state index in [9.17, 15) is 18.0 Å². The molecule has 0 aliphatic carbocycles. The zero-order valence-corrected chi connectivity index (χ0v) is 16.2. The molecule has 6 nitrogen and oxygen atoms in total. The Bertz CT molecular complexity index is 972. The highest BCUT2D eigenvalue weighted by Gasteiger charge is 2.42. The van der Waals surface area contributed by atoms with Crippen LogP contribution in [0.3, 0.4) is 0 Å². The lowest BCUT2D eigenvalue weighted by Gasteiger charge is -2.35. The molecule has 0 radical (unpaired) electrons. The lowest BCUT2D eigenvalue weighted by atomic mass is 9.72. The van der Waals surface area contributed by atoms with Gasteiger partial charge in [0.1, 0.15) is 0 Å². The van der Waals surface area contributed by atoms with Crippen molar-refractivity contribution in [2.45, 2.75) is 36.5 Å². The van der Waals surface area contributed by atoms with Crippen molar-refractivity contribution in [3.8, 4) is 0 Å². The maximum Gasteiger partial charge on any atom is 0.261 e. The van der Waals surface area contributed by atoms with Gasteiger partial charge in [0.05, 0.1) is 10.3 Å². The van der Waals surface area contributed by atoms with Gasteiger partial charge in [-0.3, -0.25) is 19.6 Å². The van der Waals surface area contributed by atoms with Gasteiger partial charge in [0.25, 0.3) is 10.0 Å². The summed E-state index contributed by atoms with van der Waals surface area (Å²) in [5, 5.41) is 2.85. The number of nitrogens with one attached hydrogen (secondary N) is 2. The van der Waals surface area contributed by atoms with Crippen molar-refractivity contribution < 1.29 is 18.0 Å². The number of rotatable bonds is 5. The van der Waals surface area contributed by atoms with Crippen LogP contribution in [0.5, 0.6) is 0 Å². The number of hydrogen-bond donors (Lipinski definition) is 2. The van der Waals surface area contributed by atoms with E-state index in [0.29, 0.717) is 23.6 Å². The van der Waals surface area contributed by atoms with Crippen LogP contribution >= 0.6 is 11.6 Å².